The first-order valence-electron chi connectivity index (χ1n) is 6.49. The molecule has 1 aliphatic rings. The zero-order valence-corrected chi connectivity index (χ0v) is 13.4. The van der Waals surface area contributed by atoms with Crippen LogP contribution in [-0.2, 0) is 4.79 Å². The first kappa shape index (κ1) is 15.7. The number of carboxylic acids is 1. The average Bonchev–Trinajstić information content (AvgIpc) is 3.14. The van der Waals surface area contributed by atoms with Crippen molar-refractivity contribution in [3.63, 3.8) is 0 Å². The lowest BCUT2D eigenvalue weighted by Crippen LogP contribution is -2.24. The Balaban J connectivity index is 1.56. The van der Waals surface area contributed by atoms with Crippen LogP contribution in [0.2, 0.25) is 0 Å². The smallest absolute Gasteiger partial charge is 0.304 e. The topological polar surface area (TPSA) is 66.4 Å². The van der Waals surface area contributed by atoms with Crippen molar-refractivity contribution in [2.45, 2.75) is 25.2 Å². The lowest BCUT2D eigenvalue weighted by molar-refractivity contribution is -0.136. The molecular formula is C13H17NO3S3. The van der Waals surface area contributed by atoms with E-state index in [1.807, 2.05) is 6.07 Å². The number of aliphatic carboxylic acids is 1. The summed E-state index contributed by atoms with van der Waals surface area (Å²) in [5.74, 6) is 1.31. The second-order valence-electron chi connectivity index (χ2n) is 4.56. The van der Waals surface area contributed by atoms with Crippen LogP contribution in [-0.4, -0.2) is 35.0 Å². The van der Waals surface area contributed by atoms with Crippen LogP contribution in [0.3, 0.4) is 0 Å². The number of hydrogen-bond donors (Lipinski definition) is 2. The Morgan fingerprint density at radius 3 is 2.80 bits per heavy atom. The summed E-state index contributed by atoms with van der Waals surface area (Å²) in [7, 11) is 3.13. The van der Waals surface area contributed by atoms with Gasteiger partial charge < -0.3 is 10.4 Å². The van der Waals surface area contributed by atoms with E-state index in [0.717, 1.165) is 10.6 Å². The summed E-state index contributed by atoms with van der Waals surface area (Å²) in [6.07, 6.45) is 2.69. The number of hydrogen-bond acceptors (Lipinski definition) is 5. The molecule has 1 heterocycles. The summed E-state index contributed by atoms with van der Waals surface area (Å²) in [5, 5.41) is 13.5. The van der Waals surface area contributed by atoms with Crippen molar-refractivity contribution >= 4 is 44.8 Å². The lowest BCUT2D eigenvalue weighted by atomic mass is 10.2. The van der Waals surface area contributed by atoms with Crippen molar-refractivity contribution in [2.24, 2.45) is 0 Å². The van der Waals surface area contributed by atoms with Crippen LogP contribution in [0, 0.1) is 0 Å². The molecule has 0 bridgehead atoms. The van der Waals surface area contributed by atoms with E-state index >= 15 is 0 Å². The lowest BCUT2D eigenvalue weighted by Gasteiger charge is -2.02. The quantitative estimate of drug-likeness (QED) is 0.537. The summed E-state index contributed by atoms with van der Waals surface area (Å²) in [6, 6.07) is 2.01. The molecule has 1 aromatic heterocycles. The van der Waals surface area contributed by atoms with E-state index < -0.39 is 5.97 Å². The maximum absolute atomic E-state index is 11.9. The van der Waals surface area contributed by atoms with E-state index in [2.05, 4.69) is 10.7 Å². The van der Waals surface area contributed by atoms with Gasteiger partial charge >= 0.3 is 5.97 Å². The van der Waals surface area contributed by atoms with Gasteiger partial charge in [0.2, 0.25) is 0 Å². The van der Waals surface area contributed by atoms with Crippen LogP contribution in [0.15, 0.2) is 11.4 Å². The molecule has 2 N–H and O–H groups in total. The normalized spacial score (nSPS) is 14.2. The summed E-state index contributed by atoms with van der Waals surface area (Å²) in [5.41, 5.74) is 1.30. The van der Waals surface area contributed by atoms with Gasteiger partial charge in [-0.15, -0.1) is 11.3 Å². The Labute approximate surface area is 130 Å². The summed E-state index contributed by atoms with van der Waals surface area (Å²) in [6.45, 7) is 0.611. The molecule has 0 aliphatic heterocycles. The molecule has 1 saturated carbocycles. The zero-order valence-electron chi connectivity index (χ0n) is 11.0. The molecule has 0 saturated heterocycles. The van der Waals surface area contributed by atoms with Crippen molar-refractivity contribution in [3.05, 3.63) is 21.9 Å². The Hall–Kier alpha value is -0.660. The van der Waals surface area contributed by atoms with Crippen LogP contribution in [0.1, 0.15) is 40.4 Å². The standard InChI is InChI=1S/C13H17NO3S3/c15-12(16)3-5-19-20-6-4-14-13(17)11-7-10(8-18-11)9-1-2-9/h7-9H,1-6H2,(H,14,17)(H,15,16). The molecule has 0 atom stereocenters. The molecule has 1 aromatic rings. The minimum atomic E-state index is -0.768. The molecule has 1 amide bonds. The summed E-state index contributed by atoms with van der Waals surface area (Å²) in [4.78, 5) is 23.0. The number of carbonyl (C=O) groups is 2. The van der Waals surface area contributed by atoms with E-state index in [0.29, 0.717) is 18.2 Å². The van der Waals surface area contributed by atoms with Gasteiger partial charge in [-0.05, 0) is 35.8 Å². The largest absolute Gasteiger partial charge is 0.481 e. The molecule has 7 heteroatoms. The number of carbonyl (C=O) groups excluding carboxylic acids is 1. The maximum Gasteiger partial charge on any atom is 0.304 e. The van der Waals surface area contributed by atoms with Crippen LogP contribution in [0.4, 0.5) is 0 Å². The molecule has 0 spiro atoms. The number of thiophene rings is 1. The molecule has 0 radical (unpaired) electrons. The second-order valence-corrected chi connectivity index (χ2v) is 8.18. The Bertz CT molecular complexity index is 471. The van der Waals surface area contributed by atoms with Crippen molar-refractivity contribution in [1.82, 2.24) is 5.32 Å². The number of amides is 1. The van der Waals surface area contributed by atoms with Gasteiger partial charge in [0.1, 0.15) is 0 Å². The predicted octanol–water partition coefficient (Wildman–Crippen LogP) is 3.21. The van der Waals surface area contributed by atoms with Crippen LogP contribution >= 0.6 is 32.9 Å². The molecule has 2 rings (SSSR count). The SMILES string of the molecule is O=C(O)CCSSCCNC(=O)c1cc(C2CC2)cs1. The Kier molecular flexibility index (Phi) is 6.25. The van der Waals surface area contributed by atoms with Gasteiger partial charge in [0.15, 0.2) is 0 Å². The number of rotatable bonds is 9. The van der Waals surface area contributed by atoms with E-state index in [-0.39, 0.29) is 12.3 Å². The van der Waals surface area contributed by atoms with E-state index in [4.69, 9.17) is 5.11 Å². The third-order valence-electron chi connectivity index (χ3n) is 2.85. The molecular weight excluding hydrogens is 314 g/mol. The highest BCUT2D eigenvalue weighted by Gasteiger charge is 2.25. The highest BCUT2D eigenvalue weighted by molar-refractivity contribution is 8.76. The van der Waals surface area contributed by atoms with Gasteiger partial charge in [0.25, 0.3) is 5.91 Å². The van der Waals surface area contributed by atoms with Crippen molar-refractivity contribution in [3.8, 4) is 0 Å². The van der Waals surface area contributed by atoms with Gasteiger partial charge in [-0.25, -0.2) is 0 Å². The minimum Gasteiger partial charge on any atom is -0.481 e. The van der Waals surface area contributed by atoms with E-state index in [1.54, 1.807) is 10.8 Å². The highest BCUT2D eigenvalue weighted by atomic mass is 33.1. The van der Waals surface area contributed by atoms with Gasteiger partial charge in [0.05, 0.1) is 11.3 Å². The van der Waals surface area contributed by atoms with Crippen LogP contribution in [0.5, 0.6) is 0 Å². The van der Waals surface area contributed by atoms with Gasteiger partial charge in [-0.2, -0.15) is 0 Å². The molecule has 1 fully saturated rings. The Morgan fingerprint density at radius 1 is 1.35 bits per heavy atom. The van der Waals surface area contributed by atoms with Crippen LogP contribution < -0.4 is 5.32 Å². The van der Waals surface area contributed by atoms with E-state index in [1.165, 1.54) is 40.5 Å². The number of carboxylic acid groups (broad SMARTS) is 1. The highest BCUT2D eigenvalue weighted by Crippen LogP contribution is 2.41. The van der Waals surface area contributed by atoms with Crippen molar-refractivity contribution in [2.75, 3.05) is 18.1 Å². The second kappa shape index (κ2) is 7.95. The third kappa shape index (κ3) is 5.38. The average molecular weight is 331 g/mol. The monoisotopic (exact) mass is 331 g/mol. The fourth-order valence-corrected chi connectivity index (χ4v) is 4.43. The molecule has 0 aromatic carbocycles. The minimum absolute atomic E-state index is 0.00182. The maximum atomic E-state index is 11.9. The first-order chi connectivity index (χ1) is 9.66. The summed E-state index contributed by atoms with van der Waals surface area (Å²) < 4.78 is 0. The molecule has 20 heavy (non-hydrogen) atoms. The van der Waals surface area contributed by atoms with Gasteiger partial charge in [-0.3, -0.25) is 9.59 Å². The van der Waals surface area contributed by atoms with Crippen molar-refractivity contribution in [1.29, 1.82) is 0 Å². The Morgan fingerprint density at radius 2 is 2.10 bits per heavy atom. The van der Waals surface area contributed by atoms with E-state index in [9.17, 15) is 9.59 Å². The van der Waals surface area contributed by atoms with Crippen molar-refractivity contribution < 1.29 is 14.7 Å². The van der Waals surface area contributed by atoms with Gasteiger partial charge in [-0.1, -0.05) is 21.6 Å². The molecule has 0 unspecified atom stereocenters. The molecule has 4 nitrogen and oxygen atoms in total. The fraction of sp³-hybridized carbons (Fsp3) is 0.538. The predicted molar refractivity (Wildman–Crippen MR) is 85.8 cm³/mol. The molecule has 1 aliphatic carbocycles. The molecule has 110 valence electrons. The third-order valence-corrected chi connectivity index (χ3v) is 6.20. The zero-order chi connectivity index (χ0) is 14.4. The fourth-order valence-electron chi connectivity index (χ4n) is 1.64. The van der Waals surface area contributed by atoms with Gasteiger partial charge in [0, 0.05) is 18.1 Å². The summed E-state index contributed by atoms with van der Waals surface area (Å²) >= 11 is 1.51. The first-order valence-corrected chi connectivity index (χ1v) is 9.86. The number of nitrogens with one attached hydrogen (secondary N) is 1. The van der Waals surface area contributed by atoms with Crippen LogP contribution in [0.25, 0.3) is 0 Å².